The van der Waals surface area contributed by atoms with Crippen molar-refractivity contribution in [2.45, 2.75) is 20.8 Å². The lowest BCUT2D eigenvalue weighted by molar-refractivity contribution is -0.111. The van der Waals surface area contributed by atoms with Crippen LogP contribution < -0.4 is 14.8 Å². The van der Waals surface area contributed by atoms with Gasteiger partial charge in [-0.25, -0.2) is 0 Å². The van der Waals surface area contributed by atoms with Crippen LogP contribution in [0.5, 0.6) is 11.5 Å². The standard InChI is InChI=1S/C28H27NO4/c1-5-32-22-12-10-21(11-13-22)29-28(30)14-19(3)23-15-24-25(20-8-6-18(2)7-9-20)17-33-27(24)16-26(23)31-4/h6-17H,5H2,1-4H3,(H,29,30)/b19-14+. The van der Waals surface area contributed by atoms with Gasteiger partial charge in [0.05, 0.1) is 20.0 Å². The van der Waals surface area contributed by atoms with Gasteiger partial charge >= 0.3 is 0 Å². The summed E-state index contributed by atoms with van der Waals surface area (Å²) in [5.74, 6) is 1.20. The molecule has 33 heavy (non-hydrogen) atoms. The molecule has 0 aliphatic rings. The van der Waals surface area contributed by atoms with Crippen molar-refractivity contribution in [1.29, 1.82) is 0 Å². The van der Waals surface area contributed by atoms with Gasteiger partial charge in [0, 0.05) is 34.3 Å². The minimum absolute atomic E-state index is 0.218. The van der Waals surface area contributed by atoms with Crippen molar-refractivity contribution >= 4 is 28.1 Å². The Hall–Kier alpha value is -3.99. The molecule has 1 heterocycles. The van der Waals surface area contributed by atoms with E-state index in [2.05, 4.69) is 36.5 Å². The molecule has 0 fully saturated rings. The molecule has 5 nitrogen and oxygen atoms in total. The average Bonchev–Trinajstić information content (AvgIpc) is 3.23. The highest BCUT2D eigenvalue weighted by Gasteiger charge is 2.15. The fourth-order valence-corrected chi connectivity index (χ4v) is 3.74. The Morgan fingerprint density at radius 2 is 1.79 bits per heavy atom. The Balaban J connectivity index is 1.63. The van der Waals surface area contributed by atoms with E-state index in [9.17, 15) is 4.79 Å². The molecule has 1 amide bonds. The molecule has 4 aromatic rings. The van der Waals surface area contributed by atoms with Crippen molar-refractivity contribution < 1.29 is 18.7 Å². The fraction of sp³-hybridized carbons (Fsp3) is 0.179. The van der Waals surface area contributed by atoms with Gasteiger partial charge < -0.3 is 19.2 Å². The van der Waals surface area contributed by atoms with Crippen LogP contribution in [0.1, 0.15) is 25.0 Å². The van der Waals surface area contributed by atoms with Crippen molar-refractivity contribution in [3.63, 3.8) is 0 Å². The first kappa shape index (κ1) is 22.2. The van der Waals surface area contributed by atoms with E-state index in [0.717, 1.165) is 39.0 Å². The fourth-order valence-electron chi connectivity index (χ4n) is 3.74. The topological polar surface area (TPSA) is 60.7 Å². The maximum Gasteiger partial charge on any atom is 0.248 e. The zero-order valence-corrected chi connectivity index (χ0v) is 19.3. The van der Waals surface area contributed by atoms with E-state index in [4.69, 9.17) is 13.9 Å². The number of fused-ring (bicyclic) bond motifs is 1. The highest BCUT2D eigenvalue weighted by molar-refractivity contribution is 6.05. The van der Waals surface area contributed by atoms with Gasteiger partial charge in [0.25, 0.3) is 0 Å². The van der Waals surface area contributed by atoms with Crippen LogP contribution in [0.4, 0.5) is 5.69 Å². The second-order valence-corrected chi connectivity index (χ2v) is 7.84. The number of methoxy groups -OCH3 is 1. The number of amides is 1. The van der Waals surface area contributed by atoms with Gasteiger partial charge in [-0.05, 0) is 62.2 Å². The Bertz CT molecular complexity index is 1300. The van der Waals surface area contributed by atoms with Crippen LogP contribution in [0.3, 0.4) is 0 Å². The number of ether oxygens (including phenoxy) is 2. The molecule has 0 atom stereocenters. The van der Waals surface area contributed by atoms with Crippen LogP contribution in [0, 0.1) is 6.92 Å². The van der Waals surface area contributed by atoms with Crippen LogP contribution in [-0.2, 0) is 4.79 Å². The van der Waals surface area contributed by atoms with E-state index in [1.54, 1.807) is 19.4 Å². The van der Waals surface area contributed by atoms with Gasteiger partial charge in [0.2, 0.25) is 5.91 Å². The van der Waals surface area contributed by atoms with E-state index < -0.39 is 0 Å². The number of rotatable bonds is 7. The Morgan fingerprint density at radius 3 is 2.45 bits per heavy atom. The smallest absolute Gasteiger partial charge is 0.248 e. The van der Waals surface area contributed by atoms with Crippen molar-refractivity contribution in [1.82, 2.24) is 0 Å². The van der Waals surface area contributed by atoms with Gasteiger partial charge in [0.15, 0.2) is 0 Å². The summed E-state index contributed by atoms with van der Waals surface area (Å²) in [5, 5.41) is 3.86. The molecule has 1 aromatic heterocycles. The Morgan fingerprint density at radius 1 is 1.06 bits per heavy atom. The molecule has 0 aliphatic carbocycles. The number of carbonyl (C=O) groups is 1. The molecular formula is C28H27NO4. The first-order valence-corrected chi connectivity index (χ1v) is 10.9. The van der Waals surface area contributed by atoms with E-state index in [1.807, 2.05) is 50.2 Å². The summed E-state index contributed by atoms with van der Waals surface area (Å²) in [5.41, 5.74) is 6.33. The summed E-state index contributed by atoms with van der Waals surface area (Å²) in [6.45, 7) is 6.49. The predicted molar refractivity (Wildman–Crippen MR) is 133 cm³/mol. The number of allylic oxidation sites excluding steroid dienone is 1. The second-order valence-electron chi connectivity index (χ2n) is 7.84. The maximum absolute atomic E-state index is 12.7. The molecule has 0 bridgehead atoms. The third-order valence-electron chi connectivity index (χ3n) is 5.46. The Kier molecular flexibility index (Phi) is 6.50. The van der Waals surface area contributed by atoms with Gasteiger partial charge in [0.1, 0.15) is 17.1 Å². The van der Waals surface area contributed by atoms with Crippen molar-refractivity contribution in [3.8, 4) is 22.6 Å². The summed E-state index contributed by atoms with van der Waals surface area (Å²) in [4.78, 5) is 12.7. The number of anilines is 1. The normalized spacial score (nSPS) is 11.5. The van der Waals surface area contributed by atoms with E-state index in [-0.39, 0.29) is 5.91 Å². The first-order valence-electron chi connectivity index (χ1n) is 10.9. The number of aryl methyl sites for hydroxylation is 1. The Labute approximate surface area is 193 Å². The largest absolute Gasteiger partial charge is 0.496 e. The monoisotopic (exact) mass is 441 g/mol. The van der Waals surface area contributed by atoms with E-state index >= 15 is 0 Å². The average molecular weight is 442 g/mol. The molecule has 4 rings (SSSR count). The van der Waals surface area contributed by atoms with Crippen LogP contribution in [0.2, 0.25) is 0 Å². The third kappa shape index (κ3) is 4.93. The lowest BCUT2D eigenvalue weighted by Gasteiger charge is -2.10. The zero-order valence-electron chi connectivity index (χ0n) is 19.3. The SMILES string of the molecule is CCOc1ccc(NC(=O)/C=C(\C)c2cc3c(-c4ccc(C)cc4)coc3cc2OC)cc1. The minimum atomic E-state index is -0.218. The highest BCUT2D eigenvalue weighted by Crippen LogP contribution is 2.37. The van der Waals surface area contributed by atoms with E-state index in [1.165, 1.54) is 5.56 Å². The molecule has 0 radical (unpaired) electrons. The van der Waals surface area contributed by atoms with Crippen molar-refractivity contribution in [2.24, 2.45) is 0 Å². The van der Waals surface area contributed by atoms with Gasteiger partial charge in [-0.15, -0.1) is 0 Å². The molecular weight excluding hydrogens is 414 g/mol. The molecule has 0 unspecified atom stereocenters. The molecule has 5 heteroatoms. The molecule has 1 N–H and O–H groups in total. The highest BCUT2D eigenvalue weighted by atomic mass is 16.5. The third-order valence-corrected chi connectivity index (χ3v) is 5.46. The number of hydrogen-bond acceptors (Lipinski definition) is 4. The van der Waals surface area contributed by atoms with Crippen LogP contribution in [0.15, 0.2) is 77.4 Å². The summed E-state index contributed by atoms with van der Waals surface area (Å²) in [6.07, 6.45) is 3.34. The number of furan rings is 1. The predicted octanol–water partition coefficient (Wildman–Crippen LogP) is 6.86. The van der Waals surface area contributed by atoms with Gasteiger partial charge in [-0.1, -0.05) is 29.8 Å². The minimum Gasteiger partial charge on any atom is -0.496 e. The molecule has 3 aromatic carbocycles. The summed E-state index contributed by atoms with van der Waals surface area (Å²) in [6, 6.07) is 19.5. The van der Waals surface area contributed by atoms with Crippen LogP contribution >= 0.6 is 0 Å². The van der Waals surface area contributed by atoms with Crippen molar-refractivity contribution in [3.05, 3.63) is 84.1 Å². The number of carbonyl (C=O) groups excluding carboxylic acids is 1. The van der Waals surface area contributed by atoms with Gasteiger partial charge in [-0.2, -0.15) is 0 Å². The molecule has 0 saturated heterocycles. The lowest BCUT2D eigenvalue weighted by Crippen LogP contribution is -2.08. The summed E-state index contributed by atoms with van der Waals surface area (Å²) < 4.78 is 16.8. The molecule has 0 saturated carbocycles. The quantitative estimate of drug-likeness (QED) is 0.318. The number of nitrogens with one attached hydrogen (secondary N) is 1. The maximum atomic E-state index is 12.7. The molecule has 168 valence electrons. The second kappa shape index (κ2) is 9.65. The first-order chi connectivity index (χ1) is 16.0. The van der Waals surface area contributed by atoms with Crippen molar-refractivity contribution in [2.75, 3.05) is 19.0 Å². The van der Waals surface area contributed by atoms with E-state index in [0.29, 0.717) is 18.0 Å². The molecule has 0 spiro atoms. The van der Waals surface area contributed by atoms with Gasteiger partial charge in [-0.3, -0.25) is 4.79 Å². The zero-order chi connectivity index (χ0) is 23.4. The lowest BCUT2D eigenvalue weighted by atomic mass is 9.99. The number of benzene rings is 3. The number of hydrogen-bond donors (Lipinski definition) is 1. The molecule has 0 aliphatic heterocycles. The van der Waals surface area contributed by atoms with Crippen LogP contribution in [-0.4, -0.2) is 19.6 Å². The summed E-state index contributed by atoms with van der Waals surface area (Å²) >= 11 is 0. The van der Waals surface area contributed by atoms with Crippen LogP contribution in [0.25, 0.3) is 27.7 Å². The summed E-state index contributed by atoms with van der Waals surface area (Å²) in [7, 11) is 1.61.